The van der Waals surface area contributed by atoms with Crippen molar-refractivity contribution in [2.24, 2.45) is 17.3 Å². The Hall–Kier alpha value is -0.0800. The molecule has 0 aliphatic heterocycles. The van der Waals surface area contributed by atoms with Gasteiger partial charge >= 0.3 is 0 Å². The molecule has 0 amide bonds. The van der Waals surface area contributed by atoms with Crippen LogP contribution in [-0.2, 0) is 0 Å². The molecule has 4 rings (SSSR count). The van der Waals surface area contributed by atoms with Crippen LogP contribution in [0.2, 0.25) is 0 Å². The van der Waals surface area contributed by atoms with Crippen LogP contribution in [0.1, 0.15) is 38.5 Å². The average molecular weight is 182 g/mol. The van der Waals surface area contributed by atoms with Crippen molar-refractivity contribution in [3.05, 3.63) is 0 Å². The zero-order valence-corrected chi connectivity index (χ0v) is 8.26. The summed E-state index contributed by atoms with van der Waals surface area (Å²) in [6.45, 7) is 1.04. The molecule has 4 aliphatic carbocycles. The molecule has 0 aromatic heterocycles. The van der Waals surface area contributed by atoms with Gasteiger partial charge in [0.15, 0.2) is 0 Å². The minimum absolute atomic E-state index is 0.276. The molecule has 2 heteroatoms. The van der Waals surface area contributed by atoms with Gasteiger partial charge in [0.1, 0.15) is 0 Å². The SMILES string of the molecule is [NH3+]CC12CC3CC(CC(O)(C3)C1)C2. The summed E-state index contributed by atoms with van der Waals surface area (Å²) in [6.07, 6.45) is 7.34. The van der Waals surface area contributed by atoms with Crippen LogP contribution < -0.4 is 5.73 Å². The lowest BCUT2D eigenvalue weighted by atomic mass is 9.48. The van der Waals surface area contributed by atoms with Crippen LogP contribution in [0.4, 0.5) is 0 Å². The van der Waals surface area contributed by atoms with E-state index in [1.54, 1.807) is 0 Å². The van der Waals surface area contributed by atoms with Crippen molar-refractivity contribution in [2.75, 3.05) is 6.54 Å². The van der Waals surface area contributed by atoms with Gasteiger partial charge in [-0.15, -0.1) is 0 Å². The number of hydrogen-bond donors (Lipinski definition) is 2. The maximum absolute atomic E-state index is 10.4. The van der Waals surface area contributed by atoms with Gasteiger partial charge in [-0.1, -0.05) is 0 Å². The zero-order valence-electron chi connectivity index (χ0n) is 8.26. The third kappa shape index (κ3) is 1.08. The highest BCUT2D eigenvalue weighted by atomic mass is 16.3. The van der Waals surface area contributed by atoms with E-state index in [4.69, 9.17) is 0 Å². The van der Waals surface area contributed by atoms with Crippen LogP contribution in [-0.4, -0.2) is 17.3 Å². The molecule has 0 aromatic carbocycles. The lowest BCUT2D eigenvalue weighted by Gasteiger charge is -2.59. The first kappa shape index (κ1) is 8.25. The fraction of sp³-hybridized carbons (Fsp3) is 1.00. The second-order valence-electron chi connectivity index (χ2n) is 5.94. The van der Waals surface area contributed by atoms with Gasteiger partial charge in [0.2, 0.25) is 0 Å². The van der Waals surface area contributed by atoms with E-state index in [0.717, 1.165) is 37.6 Å². The molecule has 0 radical (unpaired) electrons. The van der Waals surface area contributed by atoms with Crippen LogP contribution in [0, 0.1) is 17.3 Å². The van der Waals surface area contributed by atoms with Crippen molar-refractivity contribution < 1.29 is 10.8 Å². The highest BCUT2D eigenvalue weighted by Gasteiger charge is 2.57. The predicted octanol–water partition coefficient (Wildman–Crippen LogP) is 0.560. The molecule has 0 spiro atoms. The van der Waals surface area contributed by atoms with Crippen molar-refractivity contribution in [3.8, 4) is 0 Å². The summed E-state index contributed by atoms with van der Waals surface area (Å²) in [5, 5.41) is 10.4. The van der Waals surface area contributed by atoms with Crippen LogP contribution in [0.5, 0.6) is 0 Å². The highest BCUT2D eigenvalue weighted by molar-refractivity contribution is 5.07. The summed E-state index contributed by atoms with van der Waals surface area (Å²) in [5.41, 5.74) is 4.26. The van der Waals surface area contributed by atoms with E-state index in [-0.39, 0.29) is 5.60 Å². The van der Waals surface area contributed by atoms with Gasteiger partial charge in [0, 0.05) is 5.41 Å². The summed E-state index contributed by atoms with van der Waals surface area (Å²) in [7, 11) is 0. The Bertz CT molecular complexity index is 224. The van der Waals surface area contributed by atoms with Crippen LogP contribution in [0.3, 0.4) is 0 Å². The molecule has 4 saturated carbocycles. The molecule has 0 heterocycles. The van der Waals surface area contributed by atoms with Gasteiger partial charge in [-0.3, -0.25) is 0 Å². The van der Waals surface area contributed by atoms with Crippen molar-refractivity contribution in [1.29, 1.82) is 0 Å². The van der Waals surface area contributed by atoms with E-state index in [2.05, 4.69) is 5.73 Å². The van der Waals surface area contributed by atoms with Crippen molar-refractivity contribution in [3.63, 3.8) is 0 Å². The van der Waals surface area contributed by atoms with Crippen molar-refractivity contribution in [1.82, 2.24) is 0 Å². The molecule has 0 aromatic rings. The molecule has 2 nitrogen and oxygen atoms in total. The van der Waals surface area contributed by atoms with Gasteiger partial charge in [-0.25, -0.2) is 0 Å². The Morgan fingerprint density at radius 3 is 2.23 bits per heavy atom. The minimum Gasteiger partial charge on any atom is -0.390 e. The number of hydrogen-bond acceptors (Lipinski definition) is 1. The van der Waals surface area contributed by atoms with E-state index in [9.17, 15) is 5.11 Å². The molecular weight excluding hydrogens is 162 g/mol. The molecule has 74 valence electrons. The monoisotopic (exact) mass is 182 g/mol. The largest absolute Gasteiger partial charge is 0.390 e. The first-order valence-electron chi connectivity index (χ1n) is 5.65. The van der Waals surface area contributed by atoms with Gasteiger partial charge in [-0.05, 0) is 50.4 Å². The predicted molar refractivity (Wildman–Crippen MR) is 49.8 cm³/mol. The smallest absolute Gasteiger partial charge is 0.0798 e. The maximum Gasteiger partial charge on any atom is 0.0798 e. The summed E-state index contributed by atoms with van der Waals surface area (Å²) in [5.74, 6) is 1.65. The van der Waals surface area contributed by atoms with Crippen molar-refractivity contribution in [2.45, 2.75) is 44.1 Å². The first-order chi connectivity index (χ1) is 6.13. The van der Waals surface area contributed by atoms with Gasteiger partial charge in [-0.2, -0.15) is 0 Å². The van der Waals surface area contributed by atoms with Crippen molar-refractivity contribution >= 4 is 0 Å². The van der Waals surface area contributed by atoms with Gasteiger partial charge in [0.25, 0.3) is 0 Å². The third-order valence-electron chi connectivity index (χ3n) is 4.68. The molecule has 4 N–H and O–H groups in total. The quantitative estimate of drug-likeness (QED) is 0.611. The van der Waals surface area contributed by atoms with Crippen LogP contribution in [0.25, 0.3) is 0 Å². The lowest BCUT2D eigenvalue weighted by molar-refractivity contribution is -0.407. The van der Waals surface area contributed by atoms with E-state index in [1.165, 1.54) is 19.3 Å². The lowest BCUT2D eigenvalue weighted by Crippen LogP contribution is -2.66. The summed E-state index contributed by atoms with van der Waals surface area (Å²) in [4.78, 5) is 0. The summed E-state index contributed by atoms with van der Waals surface area (Å²) >= 11 is 0. The Kier molecular flexibility index (Phi) is 1.45. The van der Waals surface area contributed by atoms with E-state index < -0.39 is 0 Å². The Morgan fingerprint density at radius 1 is 1.15 bits per heavy atom. The second-order valence-corrected chi connectivity index (χ2v) is 5.94. The van der Waals surface area contributed by atoms with Crippen LogP contribution in [0.15, 0.2) is 0 Å². The fourth-order valence-electron chi connectivity index (χ4n) is 4.69. The number of quaternary nitrogens is 1. The highest BCUT2D eigenvalue weighted by Crippen LogP contribution is 2.60. The normalized spacial score (nSPS) is 58.6. The fourth-order valence-corrected chi connectivity index (χ4v) is 4.69. The maximum atomic E-state index is 10.4. The minimum atomic E-state index is -0.276. The first-order valence-corrected chi connectivity index (χ1v) is 5.65. The molecule has 4 fully saturated rings. The Morgan fingerprint density at radius 2 is 1.77 bits per heavy atom. The number of rotatable bonds is 1. The molecule has 2 atom stereocenters. The van der Waals surface area contributed by atoms with E-state index >= 15 is 0 Å². The van der Waals surface area contributed by atoms with Crippen LogP contribution >= 0.6 is 0 Å². The number of aliphatic hydroxyl groups is 1. The molecule has 4 aliphatic rings. The zero-order chi connectivity index (χ0) is 9.10. The Balaban J connectivity index is 1.95. The van der Waals surface area contributed by atoms with E-state index in [1.807, 2.05) is 0 Å². The molecular formula is C11H20NO+. The van der Waals surface area contributed by atoms with E-state index in [0.29, 0.717) is 5.41 Å². The molecule has 0 saturated heterocycles. The standard InChI is InChI=1S/C11H19NO/c12-7-10-2-8-1-9(3-10)5-11(13,4-8)6-10/h8-9,13H,1-7,12H2/p+1. The topological polar surface area (TPSA) is 47.9 Å². The molecule has 13 heavy (non-hydrogen) atoms. The summed E-state index contributed by atoms with van der Waals surface area (Å²) < 4.78 is 0. The second kappa shape index (κ2) is 2.29. The summed E-state index contributed by atoms with van der Waals surface area (Å²) in [6, 6.07) is 0. The Labute approximate surface area is 79.5 Å². The third-order valence-corrected chi connectivity index (χ3v) is 4.68. The van der Waals surface area contributed by atoms with Gasteiger partial charge < -0.3 is 10.8 Å². The van der Waals surface area contributed by atoms with Gasteiger partial charge in [0.05, 0.1) is 12.1 Å². The average Bonchev–Trinajstić information content (AvgIpc) is 1.99. The molecule has 2 unspecified atom stereocenters. The molecule has 4 bridgehead atoms.